The van der Waals surface area contributed by atoms with E-state index in [4.69, 9.17) is 0 Å². The van der Waals surface area contributed by atoms with Crippen molar-refractivity contribution in [2.45, 2.75) is 32.5 Å². The molecule has 190 valence electrons. The maximum atomic E-state index is 12.9. The summed E-state index contributed by atoms with van der Waals surface area (Å²) in [5.41, 5.74) is 1.44. The summed E-state index contributed by atoms with van der Waals surface area (Å²) < 4.78 is 39.9. The molecular weight excluding hydrogens is 485 g/mol. The van der Waals surface area contributed by atoms with Gasteiger partial charge in [0.05, 0.1) is 23.4 Å². The van der Waals surface area contributed by atoms with E-state index in [9.17, 15) is 27.9 Å². The van der Waals surface area contributed by atoms with Gasteiger partial charge < -0.3 is 15.2 Å². The van der Waals surface area contributed by atoms with Crippen LogP contribution in [0.1, 0.15) is 47.1 Å². The van der Waals surface area contributed by atoms with Gasteiger partial charge in [0.25, 0.3) is 5.91 Å². The Morgan fingerprint density at radius 3 is 2.03 bits per heavy atom. The molecule has 1 heterocycles. The number of alkyl halides is 3. The number of nitrogens with one attached hydrogen (secondary N) is 1. The molecule has 0 bridgehead atoms. The van der Waals surface area contributed by atoms with Gasteiger partial charge >= 0.3 is 6.18 Å². The molecule has 1 amide bonds. The van der Waals surface area contributed by atoms with Gasteiger partial charge in [-0.1, -0.05) is 29.5 Å². The quantitative estimate of drug-likeness (QED) is 0.429. The van der Waals surface area contributed by atoms with Crippen LogP contribution in [0.15, 0.2) is 72.9 Å². The van der Waals surface area contributed by atoms with Crippen molar-refractivity contribution in [2.75, 3.05) is 0 Å². The van der Waals surface area contributed by atoms with E-state index in [1.165, 1.54) is 35.1 Å². The molecule has 0 atom stereocenters. The Morgan fingerprint density at radius 2 is 1.46 bits per heavy atom. The molecule has 1 N–H and O–H groups in total. The molecule has 0 spiro atoms. The van der Waals surface area contributed by atoms with Crippen molar-refractivity contribution in [3.8, 4) is 28.1 Å². The molecular formula is C27H22F3N4O3-. The number of halogens is 3. The van der Waals surface area contributed by atoms with Crippen LogP contribution >= 0.6 is 0 Å². The SMILES string of the molecule is CC(C)(C)NC(=O)c1ccc(-c2cc(C(=O)[O-])cc(-n3cc(-c4ccc(C(F)(F)F)cc4)nn3)c2)cc1. The molecule has 3 aromatic carbocycles. The summed E-state index contributed by atoms with van der Waals surface area (Å²) in [7, 11) is 0. The first kappa shape index (κ1) is 25.6. The Morgan fingerprint density at radius 1 is 0.838 bits per heavy atom. The summed E-state index contributed by atoms with van der Waals surface area (Å²) in [6.07, 6.45) is -2.97. The van der Waals surface area contributed by atoms with Crippen molar-refractivity contribution in [3.63, 3.8) is 0 Å². The topological polar surface area (TPSA) is 99.9 Å². The number of amides is 1. The van der Waals surface area contributed by atoms with Gasteiger partial charge in [-0.05, 0) is 79.9 Å². The lowest BCUT2D eigenvalue weighted by Crippen LogP contribution is -2.40. The highest BCUT2D eigenvalue weighted by Gasteiger charge is 2.30. The third-order valence-corrected chi connectivity index (χ3v) is 5.39. The molecule has 0 aliphatic carbocycles. The fraction of sp³-hybridized carbons (Fsp3) is 0.185. The summed E-state index contributed by atoms with van der Waals surface area (Å²) in [5, 5.41) is 22.6. The summed E-state index contributed by atoms with van der Waals surface area (Å²) >= 11 is 0. The normalized spacial score (nSPS) is 11.8. The van der Waals surface area contributed by atoms with Crippen molar-refractivity contribution in [3.05, 3.63) is 89.6 Å². The van der Waals surface area contributed by atoms with E-state index in [1.807, 2.05) is 20.8 Å². The Labute approximate surface area is 210 Å². The molecule has 0 unspecified atom stereocenters. The lowest BCUT2D eigenvalue weighted by Gasteiger charge is -2.20. The van der Waals surface area contributed by atoms with Crippen molar-refractivity contribution in [2.24, 2.45) is 0 Å². The van der Waals surface area contributed by atoms with Gasteiger partial charge in [0.15, 0.2) is 0 Å². The van der Waals surface area contributed by atoms with E-state index in [1.54, 1.807) is 30.3 Å². The minimum atomic E-state index is -4.45. The largest absolute Gasteiger partial charge is 0.545 e. The predicted molar refractivity (Wildman–Crippen MR) is 129 cm³/mol. The van der Waals surface area contributed by atoms with Gasteiger partial charge in [0.1, 0.15) is 5.69 Å². The molecule has 37 heavy (non-hydrogen) atoms. The number of benzene rings is 3. The number of carboxylic acids is 1. The lowest BCUT2D eigenvalue weighted by molar-refractivity contribution is -0.255. The second-order valence-electron chi connectivity index (χ2n) is 9.46. The minimum absolute atomic E-state index is 0.103. The smallest absolute Gasteiger partial charge is 0.416 e. The molecule has 0 saturated heterocycles. The van der Waals surface area contributed by atoms with Crippen LogP contribution in [0.5, 0.6) is 0 Å². The van der Waals surface area contributed by atoms with Gasteiger partial charge in [-0.3, -0.25) is 4.79 Å². The summed E-state index contributed by atoms with van der Waals surface area (Å²) in [6.45, 7) is 5.62. The number of hydrogen-bond acceptors (Lipinski definition) is 5. The molecule has 4 aromatic rings. The monoisotopic (exact) mass is 507 g/mol. The van der Waals surface area contributed by atoms with E-state index in [2.05, 4.69) is 15.6 Å². The maximum absolute atomic E-state index is 12.9. The van der Waals surface area contributed by atoms with Crippen LogP contribution in [0.25, 0.3) is 28.1 Å². The first-order valence-electron chi connectivity index (χ1n) is 11.2. The number of carboxylic acid groups (broad SMARTS) is 1. The van der Waals surface area contributed by atoms with Crippen LogP contribution in [0.3, 0.4) is 0 Å². The number of nitrogens with zero attached hydrogens (tertiary/aromatic N) is 3. The first-order valence-corrected chi connectivity index (χ1v) is 11.2. The molecule has 4 rings (SSSR count). The standard InChI is InChI=1S/C27H23F3N4O3/c1-26(2,3)31-24(35)18-6-4-16(5-7-18)19-12-20(25(36)37)14-22(13-19)34-15-23(32-33-34)17-8-10-21(11-9-17)27(28,29)30/h4-15H,1-3H3,(H,31,35)(H,36,37)/p-1. The van der Waals surface area contributed by atoms with E-state index in [0.29, 0.717) is 33.6 Å². The molecule has 0 aliphatic rings. The Hall–Kier alpha value is -4.47. The molecule has 0 fully saturated rings. The Kier molecular flexibility index (Phi) is 6.60. The maximum Gasteiger partial charge on any atom is 0.416 e. The zero-order valence-electron chi connectivity index (χ0n) is 20.1. The second kappa shape index (κ2) is 9.53. The fourth-order valence-corrected chi connectivity index (χ4v) is 3.61. The van der Waals surface area contributed by atoms with Crippen LogP contribution in [-0.4, -0.2) is 32.4 Å². The number of carbonyl (C=O) groups is 2. The van der Waals surface area contributed by atoms with E-state index in [-0.39, 0.29) is 11.5 Å². The molecule has 1 aromatic heterocycles. The number of hydrogen-bond donors (Lipinski definition) is 1. The molecule has 0 saturated carbocycles. The van der Waals surface area contributed by atoms with E-state index < -0.39 is 23.2 Å². The average Bonchev–Trinajstić information content (AvgIpc) is 3.33. The van der Waals surface area contributed by atoms with Crippen LogP contribution < -0.4 is 10.4 Å². The molecule has 7 nitrogen and oxygen atoms in total. The number of carbonyl (C=O) groups excluding carboxylic acids is 2. The third-order valence-electron chi connectivity index (χ3n) is 5.39. The van der Waals surface area contributed by atoms with Gasteiger partial charge in [-0.25, -0.2) is 4.68 Å². The Balaban J connectivity index is 1.66. The minimum Gasteiger partial charge on any atom is -0.545 e. The van der Waals surface area contributed by atoms with Gasteiger partial charge in [-0.2, -0.15) is 13.2 Å². The van der Waals surface area contributed by atoms with Gasteiger partial charge in [0, 0.05) is 16.7 Å². The highest BCUT2D eigenvalue weighted by molar-refractivity contribution is 5.95. The lowest BCUT2D eigenvalue weighted by atomic mass is 10.00. The van der Waals surface area contributed by atoms with Crippen LogP contribution in [0.4, 0.5) is 13.2 Å². The third kappa shape index (κ3) is 6.03. The van der Waals surface area contributed by atoms with Crippen molar-refractivity contribution in [1.29, 1.82) is 0 Å². The summed E-state index contributed by atoms with van der Waals surface area (Å²) in [6, 6.07) is 15.6. The average molecular weight is 507 g/mol. The molecule has 0 aliphatic heterocycles. The Bertz CT molecular complexity index is 1450. The van der Waals surface area contributed by atoms with Gasteiger partial charge in [-0.15, -0.1) is 5.10 Å². The van der Waals surface area contributed by atoms with Crippen molar-refractivity contribution < 1.29 is 27.9 Å². The number of aromatic nitrogens is 3. The molecule has 10 heteroatoms. The summed E-state index contributed by atoms with van der Waals surface area (Å²) in [5.74, 6) is -1.63. The van der Waals surface area contributed by atoms with E-state index in [0.717, 1.165) is 12.1 Å². The molecule has 0 radical (unpaired) electrons. The van der Waals surface area contributed by atoms with Crippen LogP contribution in [0, 0.1) is 0 Å². The van der Waals surface area contributed by atoms with E-state index >= 15 is 0 Å². The second-order valence-corrected chi connectivity index (χ2v) is 9.46. The van der Waals surface area contributed by atoms with Gasteiger partial charge in [0.2, 0.25) is 0 Å². The van der Waals surface area contributed by atoms with Crippen molar-refractivity contribution >= 4 is 11.9 Å². The fourth-order valence-electron chi connectivity index (χ4n) is 3.61. The highest BCUT2D eigenvalue weighted by atomic mass is 19.4. The number of rotatable bonds is 5. The zero-order valence-corrected chi connectivity index (χ0v) is 20.1. The van der Waals surface area contributed by atoms with Crippen LogP contribution in [0.2, 0.25) is 0 Å². The zero-order chi connectivity index (χ0) is 27.0. The highest BCUT2D eigenvalue weighted by Crippen LogP contribution is 2.31. The predicted octanol–water partition coefficient (Wildman–Crippen LogP) is 4.51. The summed E-state index contributed by atoms with van der Waals surface area (Å²) in [4.78, 5) is 24.1. The van der Waals surface area contributed by atoms with Crippen LogP contribution in [-0.2, 0) is 6.18 Å². The van der Waals surface area contributed by atoms with Crippen molar-refractivity contribution in [1.82, 2.24) is 20.3 Å². The number of aromatic carboxylic acids is 1. The first-order chi connectivity index (χ1) is 17.3.